The summed E-state index contributed by atoms with van der Waals surface area (Å²) in [4.78, 5) is 36.2. The first-order valence-electron chi connectivity index (χ1n) is 9.03. The van der Waals surface area contributed by atoms with Gasteiger partial charge in [-0.3, -0.25) is 24.6 Å². The molecule has 0 spiro atoms. The second-order valence-corrected chi connectivity index (χ2v) is 8.24. The summed E-state index contributed by atoms with van der Waals surface area (Å²) in [5, 5.41) is 22.7. The van der Waals surface area contributed by atoms with Gasteiger partial charge in [0, 0.05) is 35.7 Å². The SMILES string of the molecule is O=C(O)CN(CC1CC1)C1CC(NC(=O)CSc2ccc([N+](=O)[O-])cc2)C1. The molecule has 0 bridgehead atoms. The van der Waals surface area contributed by atoms with Crippen molar-refractivity contribution in [2.24, 2.45) is 5.92 Å². The van der Waals surface area contributed by atoms with Gasteiger partial charge in [-0.1, -0.05) is 0 Å². The third-order valence-corrected chi connectivity index (χ3v) is 5.95. The molecule has 9 heteroatoms. The number of rotatable bonds is 10. The van der Waals surface area contributed by atoms with Crippen molar-refractivity contribution in [3.63, 3.8) is 0 Å². The second-order valence-electron chi connectivity index (χ2n) is 7.20. The van der Waals surface area contributed by atoms with E-state index in [1.807, 2.05) is 4.90 Å². The lowest BCUT2D eigenvalue weighted by Crippen LogP contribution is -2.55. The summed E-state index contributed by atoms with van der Waals surface area (Å²) in [6.45, 7) is 0.908. The van der Waals surface area contributed by atoms with Crippen molar-refractivity contribution in [2.75, 3.05) is 18.8 Å². The van der Waals surface area contributed by atoms with Gasteiger partial charge >= 0.3 is 5.97 Å². The predicted octanol–water partition coefficient (Wildman–Crippen LogP) is 2.13. The number of nitro benzene ring substituents is 1. The van der Waals surface area contributed by atoms with E-state index in [0.29, 0.717) is 5.92 Å². The van der Waals surface area contributed by atoms with Gasteiger partial charge in [0.05, 0.1) is 17.2 Å². The Kier molecular flexibility index (Phi) is 6.33. The third kappa shape index (κ3) is 5.93. The number of nitrogens with zero attached hydrogens (tertiary/aromatic N) is 2. The molecule has 2 saturated carbocycles. The molecule has 0 unspecified atom stereocenters. The van der Waals surface area contributed by atoms with Crippen molar-refractivity contribution in [3.8, 4) is 0 Å². The first-order chi connectivity index (χ1) is 12.9. The van der Waals surface area contributed by atoms with E-state index in [9.17, 15) is 19.7 Å². The number of carbonyl (C=O) groups is 2. The molecule has 2 N–H and O–H groups in total. The molecule has 1 aromatic rings. The number of nitro groups is 1. The molecule has 0 aliphatic heterocycles. The molecule has 0 aromatic heterocycles. The van der Waals surface area contributed by atoms with Crippen LogP contribution >= 0.6 is 11.8 Å². The molecule has 146 valence electrons. The van der Waals surface area contributed by atoms with Crippen molar-refractivity contribution in [1.82, 2.24) is 10.2 Å². The number of carboxylic acid groups (broad SMARTS) is 1. The molecule has 0 heterocycles. The standard InChI is InChI=1S/C18H23N3O5S/c22-17(11-27-16-5-3-14(4-6-16)21(25)26)19-13-7-15(8-13)20(10-18(23)24)9-12-1-2-12/h3-6,12-13,15H,1-2,7-11H2,(H,19,22)(H,23,24). The Bertz CT molecular complexity index is 701. The van der Waals surface area contributed by atoms with Crippen LogP contribution < -0.4 is 5.32 Å². The first kappa shape index (κ1) is 19.6. The minimum atomic E-state index is -0.803. The summed E-state index contributed by atoms with van der Waals surface area (Å²) in [6.07, 6.45) is 3.94. The molecule has 0 radical (unpaired) electrons. The molecule has 2 fully saturated rings. The Hall–Kier alpha value is -2.13. The van der Waals surface area contributed by atoms with Crippen LogP contribution in [0.25, 0.3) is 0 Å². The van der Waals surface area contributed by atoms with Crippen molar-refractivity contribution in [2.45, 2.75) is 42.7 Å². The van der Waals surface area contributed by atoms with Gasteiger partial charge in [0.15, 0.2) is 0 Å². The smallest absolute Gasteiger partial charge is 0.317 e. The lowest BCUT2D eigenvalue weighted by atomic mass is 9.85. The van der Waals surface area contributed by atoms with Crippen molar-refractivity contribution >= 4 is 29.3 Å². The normalized spacial score (nSPS) is 21.5. The number of carboxylic acids is 1. The summed E-state index contributed by atoms with van der Waals surface area (Å²) in [5.74, 6) is 0.00684. The number of nitrogens with one attached hydrogen (secondary N) is 1. The van der Waals surface area contributed by atoms with Gasteiger partial charge in [0.2, 0.25) is 5.91 Å². The van der Waals surface area contributed by atoms with Crippen molar-refractivity contribution in [3.05, 3.63) is 34.4 Å². The zero-order valence-corrected chi connectivity index (χ0v) is 15.7. The largest absolute Gasteiger partial charge is 0.480 e. The number of thioether (sulfide) groups is 1. The number of hydrogen-bond donors (Lipinski definition) is 2. The van der Waals surface area contributed by atoms with Gasteiger partial charge in [-0.15, -0.1) is 11.8 Å². The molecule has 8 nitrogen and oxygen atoms in total. The van der Waals surface area contributed by atoms with Gasteiger partial charge < -0.3 is 10.4 Å². The average Bonchev–Trinajstić information content (AvgIpc) is 3.39. The maximum atomic E-state index is 12.1. The molecule has 27 heavy (non-hydrogen) atoms. The third-order valence-electron chi connectivity index (χ3n) is 4.94. The van der Waals surface area contributed by atoms with Gasteiger partial charge in [-0.05, 0) is 43.7 Å². The highest BCUT2D eigenvalue weighted by atomic mass is 32.2. The fraction of sp³-hybridized carbons (Fsp3) is 0.556. The highest BCUT2D eigenvalue weighted by Crippen LogP contribution is 2.33. The summed E-state index contributed by atoms with van der Waals surface area (Å²) in [5.41, 5.74) is 0.0291. The van der Waals surface area contributed by atoms with E-state index in [1.165, 1.54) is 36.7 Å². The van der Waals surface area contributed by atoms with E-state index in [2.05, 4.69) is 5.32 Å². The Morgan fingerprint density at radius 1 is 1.26 bits per heavy atom. The van der Waals surface area contributed by atoms with Crippen LogP contribution in [0.15, 0.2) is 29.2 Å². The van der Waals surface area contributed by atoms with Crippen LogP contribution in [0.3, 0.4) is 0 Å². The van der Waals surface area contributed by atoms with Crippen LogP contribution in [0.4, 0.5) is 5.69 Å². The summed E-state index contributed by atoms with van der Waals surface area (Å²) in [7, 11) is 0. The van der Waals surface area contributed by atoms with Crippen LogP contribution in [0.5, 0.6) is 0 Å². The zero-order chi connectivity index (χ0) is 19.4. The molecule has 3 rings (SSSR count). The minimum absolute atomic E-state index is 0.0291. The predicted molar refractivity (Wildman–Crippen MR) is 101 cm³/mol. The Morgan fingerprint density at radius 3 is 2.48 bits per heavy atom. The Labute approximate surface area is 161 Å². The van der Waals surface area contributed by atoms with Crippen molar-refractivity contribution < 1.29 is 19.6 Å². The maximum Gasteiger partial charge on any atom is 0.317 e. The fourth-order valence-corrected chi connectivity index (χ4v) is 3.94. The summed E-state index contributed by atoms with van der Waals surface area (Å²) >= 11 is 1.33. The van der Waals surface area contributed by atoms with E-state index < -0.39 is 10.9 Å². The molecule has 1 aromatic carbocycles. The summed E-state index contributed by atoms with van der Waals surface area (Å²) in [6, 6.07) is 6.44. The topological polar surface area (TPSA) is 113 Å². The van der Waals surface area contributed by atoms with E-state index in [4.69, 9.17) is 5.11 Å². The lowest BCUT2D eigenvalue weighted by Gasteiger charge is -2.42. The Morgan fingerprint density at radius 2 is 1.93 bits per heavy atom. The highest BCUT2D eigenvalue weighted by molar-refractivity contribution is 8.00. The summed E-state index contributed by atoms with van der Waals surface area (Å²) < 4.78 is 0. The maximum absolute atomic E-state index is 12.1. The number of amides is 1. The molecule has 0 saturated heterocycles. The van der Waals surface area contributed by atoms with E-state index >= 15 is 0 Å². The zero-order valence-electron chi connectivity index (χ0n) is 14.9. The van der Waals surface area contributed by atoms with Crippen LogP contribution in [0, 0.1) is 16.0 Å². The average molecular weight is 393 g/mol. The molecule has 2 aliphatic carbocycles. The second kappa shape index (κ2) is 8.71. The highest BCUT2D eigenvalue weighted by Gasteiger charge is 2.37. The van der Waals surface area contributed by atoms with Crippen LogP contribution in [-0.4, -0.2) is 57.7 Å². The number of aliphatic carboxylic acids is 1. The van der Waals surface area contributed by atoms with Crippen LogP contribution in [-0.2, 0) is 9.59 Å². The van der Waals surface area contributed by atoms with Gasteiger partial charge in [0.25, 0.3) is 5.69 Å². The molecular weight excluding hydrogens is 370 g/mol. The minimum Gasteiger partial charge on any atom is -0.480 e. The molecule has 1 amide bonds. The van der Waals surface area contributed by atoms with E-state index in [-0.39, 0.29) is 36.0 Å². The number of carbonyl (C=O) groups excluding carboxylic acids is 1. The number of hydrogen-bond acceptors (Lipinski definition) is 6. The lowest BCUT2D eigenvalue weighted by molar-refractivity contribution is -0.384. The van der Waals surface area contributed by atoms with E-state index in [1.54, 1.807) is 12.1 Å². The number of non-ortho nitro benzene ring substituents is 1. The fourth-order valence-electron chi connectivity index (χ4n) is 3.23. The van der Waals surface area contributed by atoms with Gasteiger partial charge in [-0.2, -0.15) is 0 Å². The molecule has 0 atom stereocenters. The van der Waals surface area contributed by atoms with Gasteiger partial charge in [-0.25, -0.2) is 0 Å². The van der Waals surface area contributed by atoms with E-state index in [0.717, 1.165) is 24.3 Å². The number of benzene rings is 1. The van der Waals surface area contributed by atoms with Crippen molar-refractivity contribution in [1.29, 1.82) is 0 Å². The molecular formula is C18H23N3O5S. The Balaban J connectivity index is 1.37. The quantitative estimate of drug-likeness (QED) is 0.356. The van der Waals surface area contributed by atoms with Crippen LogP contribution in [0.2, 0.25) is 0 Å². The van der Waals surface area contributed by atoms with Crippen LogP contribution in [0.1, 0.15) is 25.7 Å². The monoisotopic (exact) mass is 393 g/mol. The molecule has 2 aliphatic rings. The van der Waals surface area contributed by atoms with Gasteiger partial charge in [0.1, 0.15) is 0 Å². The first-order valence-corrected chi connectivity index (χ1v) is 10.0.